The Labute approximate surface area is 259 Å². The topological polar surface area (TPSA) is 56.0 Å². The first-order chi connectivity index (χ1) is 22.3. The fraction of sp³-hybridized carbons (Fsp3) is 0. The highest BCUT2D eigenvalue weighted by molar-refractivity contribution is 6.22. The molecule has 5 nitrogen and oxygen atoms in total. The van der Waals surface area contributed by atoms with Crippen molar-refractivity contribution in [2.45, 2.75) is 0 Å². The second kappa shape index (κ2) is 10.2. The lowest BCUT2D eigenvalue weighted by Gasteiger charge is -2.18. The maximum atomic E-state index is 5.18. The summed E-state index contributed by atoms with van der Waals surface area (Å²) >= 11 is 0. The average Bonchev–Trinajstić information content (AvgIpc) is 3.50. The number of pyridine rings is 4. The molecule has 5 heterocycles. The summed E-state index contributed by atoms with van der Waals surface area (Å²) in [4.78, 5) is 19.6. The van der Waals surface area contributed by atoms with Gasteiger partial charge in [-0.3, -0.25) is 14.4 Å². The molecule has 0 spiro atoms. The minimum Gasteiger partial charge on any atom is -0.299 e. The number of aromatic nitrogens is 5. The first-order valence-electron chi connectivity index (χ1n) is 15.0. The van der Waals surface area contributed by atoms with Crippen molar-refractivity contribution in [1.82, 2.24) is 24.3 Å². The number of fused-ring (bicyclic) bond motifs is 4. The Balaban J connectivity index is 1.35. The van der Waals surface area contributed by atoms with Crippen molar-refractivity contribution in [3.05, 3.63) is 152 Å². The van der Waals surface area contributed by atoms with Crippen molar-refractivity contribution in [3.8, 4) is 45.2 Å². The molecule has 0 aliphatic rings. The van der Waals surface area contributed by atoms with E-state index in [1.807, 2.05) is 42.6 Å². The van der Waals surface area contributed by atoms with E-state index in [2.05, 4.69) is 113 Å². The van der Waals surface area contributed by atoms with Crippen molar-refractivity contribution >= 4 is 38.1 Å². The third-order valence-electron chi connectivity index (χ3n) is 8.52. The largest absolute Gasteiger partial charge is 0.299 e. The van der Waals surface area contributed by atoms with Crippen molar-refractivity contribution in [1.29, 1.82) is 0 Å². The maximum Gasteiger partial charge on any atom is 0.138 e. The summed E-state index contributed by atoms with van der Waals surface area (Å²) < 4.78 is 2.20. The van der Waals surface area contributed by atoms with Gasteiger partial charge in [-0.1, -0.05) is 91.0 Å². The number of rotatable bonds is 4. The SMILES string of the molecule is c1ccc(-c2ccc(-c3c4ccccc4c(-c4c(-c5ccc6ccccc6n5)nc5ccccn45)c4ccccc34)cn2)nc1. The van der Waals surface area contributed by atoms with Gasteiger partial charge in [0.25, 0.3) is 0 Å². The van der Waals surface area contributed by atoms with Gasteiger partial charge in [0, 0.05) is 35.1 Å². The number of hydrogen-bond acceptors (Lipinski definition) is 4. The first-order valence-corrected chi connectivity index (χ1v) is 15.0. The highest BCUT2D eigenvalue weighted by Crippen LogP contribution is 2.46. The number of nitrogens with zero attached hydrogens (tertiary/aromatic N) is 5. The Morgan fingerprint density at radius 1 is 0.467 bits per heavy atom. The van der Waals surface area contributed by atoms with Gasteiger partial charge in [0.1, 0.15) is 11.3 Å². The molecular weight excluding hydrogens is 550 g/mol. The van der Waals surface area contributed by atoms with Gasteiger partial charge in [0.2, 0.25) is 0 Å². The van der Waals surface area contributed by atoms with Gasteiger partial charge in [-0.15, -0.1) is 0 Å². The third-order valence-corrected chi connectivity index (χ3v) is 8.52. The van der Waals surface area contributed by atoms with E-state index >= 15 is 0 Å². The summed E-state index contributed by atoms with van der Waals surface area (Å²) in [6.07, 6.45) is 5.86. The quantitative estimate of drug-likeness (QED) is 0.196. The van der Waals surface area contributed by atoms with Crippen LogP contribution in [-0.2, 0) is 0 Å². The van der Waals surface area contributed by atoms with E-state index in [-0.39, 0.29) is 0 Å². The van der Waals surface area contributed by atoms with Crippen LogP contribution in [0.5, 0.6) is 0 Å². The van der Waals surface area contributed by atoms with Crippen LogP contribution in [0.25, 0.3) is 83.3 Å². The predicted octanol–water partition coefficient (Wildman–Crippen LogP) is 9.65. The van der Waals surface area contributed by atoms with Gasteiger partial charge in [-0.05, 0) is 69.6 Å². The zero-order valence-corrected chi connectivity index (χ0v) is 24.2. The van der Waals surface area contributed by atoms with Crippen LogP contribution in [0.3, 0.4) is 0 Å². The van der Waals surface area contributed by atoms with Crippen molar-refractivity contribution in [3.63, 3.8) is 0 Å². The number of hydrogen-bond donors (Lipinski definition) is 0. The monoisotopic (exact) mass is 575 g/mol. The minimum atomic E-state index is 0.846. The molecule has 0 N–H and O–H groups in total. The molecule has 210 valence electrons. The van der Waals surface area contributed by atoms with Crippen LogP contribution in [0.2, 0.25) is 0 Å². The first kappa shape index (κ1) is 25.3. The molecule has 0 aliphatic heterocycles. The maximum absolute atomic E-state index is 5.18. The Morgan fingerprint density at radius 2 is 1.13 bits per heavy atom. The molecule has 5 aromatic heterocycles. The second-order valence-corrected chi connectivity index (χ2v) is 11.1. The summed E-state index contributed by atoms with van der Waals surface area (Å²) in [5.41, 5.74) is 9.61. The summed E-state index contributed by atoms with van der Waals surface area (Å²) in [7, 11) is 0. The lowest BCUT2D eigenvalue weighted by Crippen LogP contribution is -1.96. The highest BCUT2D eigenvalue weighted by Gasteiger charge is 2.23. The van der Waals surface area contributed by atoms with E-state index in [4.69, 9.17) is 15.0 Å². The molecule has 0 saturated heterocycles. The molecule has 5 heteroatoms. The normalized spacial score (nSPS) is 11.6. The van der Waals surface area contributed by atoms with Crippen LogP contribution in [0.1, 0.15) is 0 Å². The van der Waals surface area contributed by atoms with Gasteiger partial charge in [0.05, 0.1) is 28.3 Å². The zero-order valence-electron chi connectivity index (χ0n) is 24.2. The van der Waals surface area contributed by atoms with E-state index in [1.54, 1.807) is 6.20 Å². The number of imidazole rings is 1. The molecule has 0 unspecified atom stereocenters. The molecule has 9 aromatic rings. The van der Waals surface area contributed by atoms with E-state index in [1.165, 1.54) is 0 Å². The van der Waals surface area contributed by atoms with Gasteiger partial charge in [-0.2, -0.15) is 0 Å². The average molecular weight is 576 g/mol. The van der Waals surface area contributed by atoms with Gasteiger partial charge in [-0.25, -0.2) is 9.97 Å². The van der Waals surface area contributed by atoms with Crippen molar-refractivity contribution in [2.75, 3.05) is 0 Å². The minimum absolute atomic E-state index is 0.846. The van der Waals surface area contributed by atoms with Crippen LogP contribution < -0.4 is 0 Å². The van der Waals surface area contributed by atoms with Gasteiger partial charge < -0.3 is 0 Å². The standard InChI is InChI=1S/C40H25N5/c1-6-16-32-26(11-1)19-22-35(43-32)39-40(45-24-10-8-18-36(45)44-39)38-30-14-4-2-12-28(30)37(29-13-3-5-15-31(29)38)27-20-21-34(42-25-27)33-17-7-9-23-41-33/h1-25H. The zero-order chi connectivity index (χ0) is 29.7. The molecule has 9 rings (SSSR count). The Kier molecular flexibility index (Phi) is 5.74. The summed E-state index contributed by atoms with van der Waals surface area (Å²) in [5, 5.41) is 5.71. The van der Waals surface area contributed by atoms with Crippen LogP contribution in [0, 0.1) is 0 Å². The smallest absolute Gasteiger partial charge is 0.138 e. The van der Waals surface area contributed by atoms with E-state index in [9.17, 15) is 0 Å². The summed E-state index contributed by atoms with van der Waals surface area (Å²) in [5.74, 6) is 0. The summed E-state index contributed by atoms with van der Waals surface area (Å²) in [6.45, 7) is 0. The second-order valence-electron chi connectivity index (χ2n) is 11.1. The lowest BCUT2D eigenvalue weighted by atomic mass is 9.87. The Bertz CT molecular complexity index is 2480. The lowest BCUT2D eigenvalue weighted by molar-refractivity contribution is 1.19. The predicted molar refractivity (Wildman–Crippen MR) is 183 cm³/mol. The van der Waals surface area contributed by atoms with E-state index in [0.717, 1.165) is 83.3 Å². The molecule has 0 fully saturated rings. The van der Waals surface area contributed by atoms with Gasteiger partial charge >= 0.3 is 0 Å². The molecule has 45 heavy (non-hydrogen) atoms. The highest BCUT2D eigenvalue weighted by atomic mass is 15.0. The van der Waals surface area contributed by atoms with Gasteiger partial charge in [0.15, 0.2) is 0 Å². The fourth-order valence-electron chi connectivity index (χ4n) is 6.51. The molecule has 0 amide bonds. The molecule has 0 atom stereocenters. The van der Waals surface area contributed by atoms with Crippen molar-refractivity contribution in [2.24, 2.45) is 0 Å². The fourth-order valence-corrected chi connectivity index (χ4v) is 6.51. The molecule has 0 saturated carbocycles. The molecule has 4 aromatic carbocycles. The van der Waals surface area contributed by atoms with Crippen LogP contribution in [-0.4, -0.2) is 24.3 Å². The van der Waals surface area contributed by atoms with E-state index < -0.39 is 0 Å². The molecule has 0 radical (unpaired) electrons. The van der Waals surface area contributed by atoms with Crippen molar-refractivity contribution < 1.29 is 0 Å². The molecule has 0 bridgehead atoms. The molecular formula is C40H25N5. The Morgan fingerprint density at radius 3 is 1.87 bits per heavy atom. The van der Waals surface area contributed by atoms with Crippen LogP contribution >= 0.6 is 0 Å². The Hall–Kier alpha value is -6.20. The van der Waals surface area contributed by atoms with Crippen LogP contribution in [0.15, 0.2) is 152 Å². The number of benzene rings is 4. The summed E-state index contributed by atoms with van der Waals surface area (Å²) in [6, 6.07) is 46.0. The number of para-hydroxylation sites is 1. The van der Waals surface area contributed by atoms with Crippen LogP contribution in [0.4, 0.5) is 0 Å². The van der Waals surface area contributed by atoms with E-state index in [0.29, 0.717) is 0 Å². The molecule has 0 aliphatic carbocycles. The third kappa shape index (κ3) is 4.09.